The van der Waals surface area contributed by atoms with Gasteiger partial charge in [0.15, 0.2) is 0 Å². The van der Waals surface area contributed by atoms with Crippen LogP contribution in [0.15, 0.2) is 91.3 Å². The predicted octanol–water partition coefficient (Wildman–Crippen LogP) is 5.69. The second kappa shape index (κ2) is 9.22. The molecule has 1 aromatic heterocycles. The summed E-state index contributed by atoms with van der Waals surface area (Å²) >= 11 is 0. The lowest BCUT2D eigenvalue weighted by atomic mass is 10.1. The fourth-order valence-electron chi connectivity index (χ4n) is 3.30. The van der Waals surface area contributed by atoms with Gasteiger partial charge in [-0.05, 0) is 37.6 Å². The first-order valence-corrected chi connectivity index (χ1v) is 10.2. The van der Waals surface area contributed by atoms with E-state index < -0.39 is 0 Å². The van der Waals surface area contributed by atoms with E-state index in [-0.39, 0.29) is 11.9 Å². The fourth-order valence-corrected chi connectivity index (χ4v) is 3.30. The van der Waals surface area contributed by atoms with Crippen LogP contribution in [0, 0.1) is 6.92 Å². The van der Waals surface area contributed by atoms with Gasteiger partial charge in [0.05, 0.1) is 11.7 Å². The Balaban J connectivity index is 1.47. The van der Waals surface area contributed by atoms with Crippen molar-refractivity contribution in [2.75, 3.05) is 5.32 Å². The zero-order valence-corrected chi connectivity index (χ0v) is 17.5. The van der Waals surface area contributed by atoms with Crippen LogP contribution in [0.2, 0.25) is 0 Å². The highest BCUT2D eigenvalue weighted by Crippen LogP contribution is 2.22. The zero-order valence-electron chi connectivity index (χ0n) is 17.5. The minimum Gasteiger partial charge on any atom is -0.346 e. The predicted molar refractivity (Wildman–Crippen MR) is 124 cm³/mol. The van der Waals surface area contributed by atoms with Gasteiger partial charge in [0.25, 0.3) is 5.91 Å². The van der Waals surface area contributed by atoms with Crippen LogP contribution in [0.3, 0.4) is 0 Å². The van der Waals surface area contributed by atoms with E-state index >= 15 is 0 Å². The molecule has 0 saturated carbocycles. The van der Waals surface area contributed by atoms with Crippen molar-refractivity contribution in [3.05, 3.63) is 108 Å². The lowest BCUT2D eigenvalue weighted by Gasteiger charge is -2.15. The van der Waals surface area contributed by atoms with Crippen LogP contribution in [0.5, 0.6) is 0 Å². The van der Waals surface area contributed by atoms with Gasteiger partial charge in [-0.3, -0.25) is 4.79 Å². The van der Waals surface area contributed by atoms with Crippen molar-refractivity contribution < 1.29 is 4.79 Å². The van der Waals surface area contributed by atoms with Crippen LogP contribution in [0.4, 0.5) is 11.5 Å². The number of nitrogens with zero attached hydrogens (tertiary/aromatic N) is 2. The molecule has 0 bridgehead atoms. The highest BCUT2D eigenvalue weighted by molar-refractivity contribution is 5.95. The van der Waals surface area contributed by atoms with Crippen molar-refractivity contribution in [3.63, 3.8) is 0 Å². The van der Waals surface area contributed by atoms with Crippen LogP contribution in [-0.2, 0) is 0 Å². The molecule has 0 spiro atoms. The lowest BCUT2D eigenvalue weighted by Crippen LogP contribution is -2.26. The third kappa shape index (κ3) is 5.14. The fraction of sp³-hybridized carbons (Fsp3) is 0.115. The zero-order chi connectivity index (χ0) is 21.6. The summed E-state index contributed by atoms with van der Waals surface area (Å²) in [5.41, 5.74) is 5.49. The van der Waals surface area contributed by atoms with E-state index in [0.717, 1.165) is 22.5 Å². The number of rotatable bonds is 6. The molecule has 3 aromatic carbocycles. The van der Waals surface area contributed by atoms with Crippen molar-refractivity contribution in [2.24, 2.45) is 0 Å². The summed E-state index contributed by atoms with van der Waals surface area (Å²) in [4.78, 5) is 21.4. The first kappa shape index (κ1) is 20.3. The molecule has 0 saturated heterocycles. The van der Waals surface area contributed by atoms with E-state index in [0.29, 0.717) is 11.4 Å². The van der Waals surface area contributed by atoms with Crippen LogP contribution < -0.4 is 10.6 Å². The van der Waals surface area contributed by atoms with Crippen molar-refractivity contribution >= 4 is 17.4 Å². The maximum absolute atomic E-state index is 12.8. The molecule has 31 heavy (non-hydrogen) atoms. The Morgan fingerprint density at radius 3 is 2.42 bits per heavy atom. The van der Waals surface area contributed by atoms with Gasteiger partial charge in [-0.1, -0.05) is 66.2 Å². The molecule has 0 aliphatic carbocycles. The normalized spacial score (nSPS) is 11.5. The van der Waals surface area contributed by atoms with E-state index in [1.807, 2.05) is 92.7 Å². The third-order valence-electron chi connectivity index (χ3n) is 5.06. The number of nitrogens with one attached hydrogen (secondary N) is 2. The highest BCUT2D eigenvalue weighted by atomic mass is 16.1. The van der Waals surface area contributed by atoms with Gasteiger partial charge in [0.2, 0.25) is 0 Å². The molecule has 0 radical (unpaired) electrons. The first-order valence-electron chi connectivity index (χ1n) is 10.2. The van der Waals surface area contributed by atoms with Crippen molar-refractivity contribution in [1.82, 2.24) is 15.3 Å². The number of carbonyl (C=O) groups is 1. The quantitative estimate of drug-likeness (QED) is 0.430. The van der Waals surface area contributed by atoms with Crippen LogP contribution >= 0.6 is 0 Å². The largest absolute Gasteiger partial charge is 0.346 e. The first-order chi connectivity index (χ1) is 15.1. The topological polar surface area (TPSA) is 66.9 Å². The van der Waals surface area contributed by atoms with Crippen molar-refractivity contribution in [3.8, 4) is 11.3 Å². The van der Waals surface area contributed by atoms with Crippen molar-refractivity contribution in [2.45, 2.75) is 19.9 Å². The second-order valence-electron chi connectivity index (χ2n) is 7.47. The summed E-state index contributed by atoms with van der Waals surface area (Å²) in [7, 11) is 0. The Morgan fingerprint density at radius 1 is 0.871 bits per heavy atom. The summed E-state index contributed by atoms with van der Waals surface area (Å²) in [5, 5.41) is 6.33. The molecule has 4 rings (SSSR count). The minimum atomic E-state index is -0.121. The molecular formula is C26H24N4O. The molecule has 0 aliphatic heterocycles. The van der Waals surface area contributed by atoms with Crippen LogP contribution in [-0.4, -0.2) is 15.9 Å². The van der Waals surface area contributed by atoms with E-state index in [1.165, 1.54) is 11.9 Å². The smallest absolute Gasteiger partial charge is 0.251 e. The molecule has 4 aromatic rings. The Kier molecular flexibility index (Phi) is 6.03. The molecule has 5 nitrogen and oxygen atoms in total. The van der Waals surface area contributed by atoms with E-state index in [2.05, 4.69) is 20.6 Å². The number of amides is 1. The average Bonchev–Trinajstić information content (AvgIpc) is 2.80. The van der Waals surface area contributed by atoms with E-state index in [1.54, 1.807) is 6.07 Å². The summed E-state index contributed by atoms with van der Waals surface area (Å²) in [6.45, 7) is 4.03. The maximum Gasteiger partial charge on any atom is 0.251 e. The standard InChI is InChI=1S/C26H24N4O/c1-18-11-13-20(14-12-18)19(2)29-26(31)22-9-6-10-23(15-22)30-25-16-24(27-17-28-25)21-7-4-3-5-8-21/h3-17,19H,1-2H3,(H,29,31)(H,27,28,30)/t19-/m1/s1. The molecule has 2 N–H and O–H groups in total. The molecule has 1 amide bonds. The maximum atomic E-state index is 12.8. The Labute approximate surface area is 182 Å². The van der Waals surface area contributed by atoms with Gasteiger partial charge < -0.3 is 10.6 Å². The van der Waals surface area contributed by atoms with Gasteiger partial charge in [-0.2, -0.15) is 0 Å². The Hall–Kier alpha value is -3.99. The summed E-state index contributed by atoms with van der Waals surface area (Å²) < 4.78 is 0. The summed E-state index contributed by atoms with van der Waals surface area (Å²) in [5.74, 6) is 0.545. The third-order valence-corrected chi connectivity index (χ3v) is 5.06. The molecule has 0 fully saturated rings. The molecule has 5 heteroatoms. The number of hydrogen-bond acceptors (Lipinski definition) is 4. The SMILES string of the molecule is Cc1ccc([C@@H](C)NC(=O)c2cccc(Nc3cc(-c4ccccc4)ncn3)c2)cc1. The summed E-state index contributed by atoms with van der Waals surface area (Å²) in [6, 6.07) is 27.3. The number of aryl methyl sites for hydroxylation is 1. The van der Waals surface area contributed by atoms with Gasteiger partial charge in [-0.15, -0.1) is 0 Å². The minimum absolute atomic E-state index is 0.0833. The van der Waals surface area contributed by atoms with E-state index in [4.69, 9.17) is 0 Å². The monoisotopic (exact) mass is 408 g/mol. The van der Waals surface area contributed by atoms with Gasteiger partial charge >= 0.3 is 0 Å². The number of aromatic nitrogens is 2. The number of benzene rings is 3. The highest BCUT2D eigenvalue weighted by Gasteiger charge is 2.12. The van der Waals surface area contributed by atoms with Gasteiger partial charge in [-0.25, -0.2) is 9.97 Å². The number of hydrogen-bond donors (Lipinski definition) is 2. The molecular weight excluding hydrogens is 384 g/mol. The molecule has 0 aliphatic rings. The average molecular weight is 409 g/mol. The lowest BCUT2D eigenvalue weighted by molar-refractivity contribution is 0.0940. The van der Waals surface area contributed by atoms with E-state index in [9.17, 15) is 4.79 Å². The van der Waals surface area contributed by atoms with Crippen molar-refractivity contribution in [1.29, 1.82) is 0 Å². The van der Waals surface area contributed by atoms with Gasteiger partial charge in [0.1, 0.15) is 12.1 Å². The number of anilines is 2. The molecule has 1 heterocycles. The Morgan fingerprint density at radius 2 is 1.65 bits per heavy atom. The Bertz CT molecular complexity index is 1170. The molecule has 1 atom stereocenters. The second-order valence-corrected chi connectivity index (χ2v) is 7.47. The van der Waals surface area contributed by atoms with Gasteiger partial charge in [0, 0.05) is 22.9 Å². The molecule has 154 valence electrons. The van der Waals surface area contributed by atoms with Crippen LogP contribution in [0.1, 0.15) is 34.5 Å². The summed E-state index contributed by atoms with van der Waals surface area (Å²) in [6.07, 6.45) is 1.53. The van der Waals surface area contributed by atoms with Crippen LogP contribution in [0.25, 0.3) is 11.3 Å². The number of carbonyl (C=O) groups excluding carboxylic acids is 1. The molecule has 0 unspecified atom stereocenters.